The van der Waals surface area contributed by atoms with Gasteiger partial charge in [0.2, 0.25) is 0 Å². The lowest BCUT2D eigenvalue weighted by atomic mass is 9.75. The summed E-state index contributed by atoms with van der Waals surface area (Å²) in [4.78, 5) is 0. The molecule has 0 heterocycles. The fourth-order valence-electron chi connectivity index (χ4n) is 4.19. The first-order valence-electron chi connectivity index (χ1n) is 9.36. The smallest absolute Gasteiger partial charge is 0.122 e. The lowest BCUT2D eigenvalue weighted by Crippen LogP contribution is -2.12. The summed E-state index contributed by atoms with van der Waals surface area (Å²) >= 11 is 0. The van der Waals surface area contributed by atoms with Gasteiger partial charge in [-0.15, -0.1) is 0 Å². The van der Waals surface area contributed by atoms with Crippen LogP contribution in [0.3, 0.4) is 0 Å². The standard InChI is InChI=1S/C25H28O2/c1-14-10-18(5)24(26)20(12-14)23(22-16(3)8-7-9-17(22)4)21-13-15(2)11-19(6)25(21)27/h7,9-13,23,26-27H,3,8H2,1-2,4-6H3. The highest BCUT2D eigenvalue weighted by Crippen LogP contribution is 2.47. The molecule has 1 aliphatic rings. The van der Waals surface area contributed by atoms with Crippen molar-refractivity contribution in [3.8, 4) is 11.5 Å². The van der Waals surface area contributed by atoms with E-state index in [9.17, 15) is 10.2 Å². The maximum absolute atomic E-state index is 10.9. The van der Waals surface area contributed by atoms with Crippen LogP contribution >= 0.6 is 0 Å². The minimum atomic E-state index is -0.264. The maximum atomic E-state index is 10.9. The van der Waals surface area contributed by atoms with Gasteiger partial charge in [-0.05, 0) is 68.9 Å². The molecular formula is C25H28O2. The van der Waals surface area contributed by atoms with Crippen molar-refractivity contribution in [1.29, 1.82) is 0 Å². The predicted molar refractivity (Wildman–Crippen MR) is 113 cm³/mol. The summed E-state index contributed by atoms with van der Waals surface area (Å²) < 4.78 is 0. The van der Waals surface area contributed by atoms with Crippen LogP contribution in [0, 0.1) is 27.7 Å². The van der Waals surface area contributed by atoms with E-state index in [1.807, 2.05) is 52.0 Å². The summed E-state index contributed by atoms with van der Waals surface area (Å²) in [5.74, 6) is 0.304. The van der Waals surface area contributed by atoms with Crippen molar-refractivity contribution in [3.05, 3.63) is 93.1 Å². The molecule has 0 aliphatic heterocycles. The largest absolute Gasteiger partial charge is 0.507 e. The molecule has 0 spiro atoms. The second-order valence-electron chi connectivity index (χ2n) is 7.78. The topological polar surface area (TPSA) is 40.5 Å². The third-order valence-electron chi connectivity index (χ3n) is 5.40. The zero-order chi connectivity index (χ0) is 19.9. The molecule has 2 aromatic carbocycles. The van der Waals surface area contributed by atoms with Crippen LogP contribution < -0.4 is 0 Å². The van der Waals surface area contributed by atoms with E-state index in [0.29, 0.717) is 0 Å². The Kier molecular flexibility index (Phi) is 5.01. The highest BCUT2D eigenvalue weighted by Gasteiger charge is 2.29. The van der Waals surface area contributed by atoms with Gasteiger partial charge >= 0.3 is 0 Å². The Morgan fingerprint density at radius 1 is 0.815 bits per heavy atom. The van der Waals surface area contributed by atoms with Crippen LogP contribution in [-0.2, 0) is 0 Å². The molecule has 27 heavy (non-hydrogen) atoms. The van der Waals surface area contributed by atoms with Crippen LogP contribution in [0.4, 0.5) is 0 Å². The number of benzene rings is 2. The third kappa shape index (κ3) is 3.44. The van der Waals surface area contributed by atoms with Crippen LogP contribution in [-0.4, -0.2) is 10.2 Å². The maximum Gasteiger partial charge on any atom is 0.122 e. The van der Waals surface area contributed by atoms with Gasteiger partial charge < -0.3 is 10.2 Å². The van der Waals surface area contributed by atoms with E-state index < -0.39 is 0 Å². The van der Waals surface area contributed by atoms with Crippen molar-refractivity contribution in [1.82, 2.24) is 0 Å². The molecule has 0 radical (unpaired) electrons. The molecule has 140 valence electrons. The first kappa shape index (κ1) is 19.0. The lowest BCUT2D eigenvalue weighted by Gasteiger charge is -2.29. The first-order chi connectivity index (χ1) is 12.7. The zero-order valence-corrected chi connectivity index (χ0v) is 16.9. The Bertz CT molecular complexity index is 932. The van der Waals surface area contributed by atoms with Crippen LogP contribution in [0.15, 0.2) is 59.7 Å². The van der Waals surface area contributed by atoms with E-state index in [1.54, 1.807) is 0 Å². The summed E-state index contributed by atoms with van der Waals surface area (Å²) in [5, 5.41) is 21.9. The summed E-state index contributed by atoms with van der Waals surface area (Å²) in [7, 11) is 0. The Hall–Kier alpha value is -2.74. The lowest BCUT2D eigenvalue weighted by molar-refractivity contribution is 0.453. The third-order valence-corrected chi connectivity index (χ3v) is 5.40. The first-order valence-corrected chi connectivity index (χ1v) is 9.36. The molecule has 0 amide bonds. The molecular weight excluding hydrogens is 332 g/mol. The molecule has 0 unspecified atom stereocenters. The number of aryl methyl sites for hydroxylation is 4. The number of hydrogen-bond donors (Lipinski definition) is 2. The van der Waals surface area contributed by atoms with Gasteiger partial charge in [-0.3, -0.25) is 0 Å². The second kappa shape index (κ2) is 7.11. The van der Waals surface area contributed by atoms with Crippen molar-refractivity contribution in [3.63, 3.8) is 0 Å². The second-order valence-corrected chi connectivity index (χ2v) is 7.78. The monoisotopic (exact) mass is 360 g/mol. The zero-order valence-electron chi connectivity index (χ0n) is 16.9. The summed E-state index contributed by atoms with van der Waals surface area (Å²) in [6, 6.07) is 8.01. The van der Waals surface area contributed by atoms with Gasteiger partial charge in [-0.1, -0.05) is 54.1 Å². The van der Waals surface area contributed by atoms with Gasteiger partial charge in [0.25, 0.3) is 0 Å². The van der Waals surface area contributed by atoms with Crippen LogP contribution in [0.1, 0.15) is 52.6 Å². The van der Waals surface area contributed by atoms with Gasteiger partial charge in [0.05, 0.1) is 0 Å². The minimum absolute atomic E-state index is 0.264. The van der Waals surface area contributed by atoms with E-state index in [-0.39, 0.29) is 17.4 Å². The summed E-state index contributed by atoms with van der Waals surface area (Å²) in [6.07, 6.45) is 5.00. The van der Waals surface area contributed by atoms with E-state index in [2.05, 4.69) is 25.7 Å². The molecule has 1 aliphatic carbocycles. The van der Waals surface area contributed by atoms with Gasteiger partial charge in [-0.2, -0.15) is 0 Å². The molecule has 2 N–H and O–H groups in total. The van der Waals surface area contributed by atoms with Crippen LogP contribution in [0.25, 0.3) is 0 Å². The van der Waals surface area contributed by atoms with Crippen LogP contribution in [0.5, 0.6) is 11.5 Å². The van der Waals surface area contributed by atoms with Crippen LogP contribution in [0.2, 0.25) is 0 Å². The number of phenolic OH excluding ortho intramolecular Hbond substituents is 2. The number of rotatable bonds is 3. The number of hydrogen-bond acceptors (Lipinski definition) is 2. The number of aromatic hydroxyl groups is 2. The van der Waals surface area contributed by atoms with Gasteiger partial charge in [0.15, 0.2) is 0 Å². The fraction of sp³-hybridized carbons (Fsp3) is 0.280. The SMILES string of the molecule is C=C1CC=CC(C)=C1C(c1cc(C)cc(C)c1O)c1cc(C)cc(C)c1O. The molecule has 0 bridgehead atoms. The van der Waals surface area contributed by atoms with Crippen molar-refractivity contribution in [2.45, 2.75) is 47.0 Å². The Labute approximate surface area is 162 Å². The van der Waals surface area contributed by atoms with Crippen molar-refractivity contribution < 1.29 is 10.2 Å². The quantitative estimate of drug-likeness (QED) is 0.674. The molecule has 3 rings (SSSR count). The van der Waals surface area contributed by atoms with E-state index >= 15 is 0 Å². The van der Waals surface area contributed by atoms with E-state index in [0.717, 1.165) is 56.5 Å². The predicted octanol–water partition coefficient (Wildman–Crippen LogP) is 6.30. The van der Waals surface area contributed by atoms with E-state index in [4.69, 9.17) is 0 Å². The Morgan fingerprint density at radius 2 is 1.30 bits per heavy atom. The Balaban J connectivity index is 2.40. The molecule has 0 atom stereocenters. The summed E-state index contributed by atoms with van der Waals surface area (Å²) in [6.45, 7) is 14.3. The average molecular weight is 360 g/mol. The van der Waals surface area contributed by atoms with Crippen molar-refractivity contribution in [2.75, 3.05) is 0 Å². The molecule has 0 saturated heterocycles. The normalized spacial score (nSPS) is 14.4. The number of phenols is 2. The van der Waals surface area contributed by atoms with Gasteiger partial charge in [0, 0.05) is 17.0 Å². The number of allylic oxidation sites excluding steroid dienone is 5. The fourth-order valence-corrected chi connectivity index (χ4v) is 4.19. The van der Waals surface area contributed by atoms with Gasteiger partial charge in [-0.25, -0.2) is 0 Å². The molecule has 2 nitrogen and oxygen atoms in total. The summed E-state index contributed by atoms with van der Waals surface area (Å²) in [5.41, 5.74) is 8.72. The molecule has 2 heteroatoms. The van der Waals surface area contributed by atoms with Gasteiger partial charge in [0.1, 0.15) is 11.5 Å². The highest BCUT2D eigenvalue weighted by atomic mass is 16.3. The Morgan fingerprint density at radius 3 is 1.74 bits per heavy atom. The molecule has 0 fully saturated rings. The van der Waals surface area contributed by atoms with Crippen molar-refractivity contribution in [2.24, 2.45) is 0 Å². The van der Waals surface area contributed by atoms with Crippen molar-refractivity contribution >= 4 is 0 Å². The minimum Gasteiger partial charge on any atom is -0.507 e. The highest BCUT2D eigenvalue weighted by molar-refractivity contribution is 5.62. The average Bonchev–Trinajstić information content (AvgIpc) is 2.58. The van der Waals surface area contributed by atoms with E-state index in [1.165, 1.54) is 0 Å². The molecule has 0 aromatic heterocycles. The molecule has 2 aromatic rings. The molecule has 0 saturated carbocycles.